The Morgan fingerprint density at radius 1 is 0.594 bits per heavy atom. The van der Waals surface area contributed by atoms with E-state index < -0.39 is 12.9 Å². The summed E-state index contributed by atoms with van der Waals surface area (Å²) in [6.07, 6.45) is -5.46. The average Bonchev–Trinajstić information content (AvgIpc) is 3.91. The molecule has 16 nitrogen and oxygen atoms in total. The van der Waals surface area contributed by atoms with E-state index in [4.69, 9.17) is 38.9 Å². The van der Waals surface area contributed by atoms with Crippen molar-refractivity contribution in [1.82, 2.24) is 39.0 Å². The summed E-state index contributed by atoms with van der Waals surface area (Å²) in [5.41, 5.74) is 1.72. The lowest BCUT2D eigenvalue weighted by Gasteiger charge is -2.43. The van der Waals surface area contributed by atoms with Gasteiger partial charge >= 0.3 is 0 Å². The molecule has 0 aliphatic carbocycles. The van der Waals surface area contributed by atoms with Gasteiger partial charge in [0.1, 0.15) is 23.3 Å². The Morgan fingerprint density at radius 3 is 1.55 bits per heavy atom. The van der Waals surface area contributed by atoms with Crippen LogP contribution in [0.3, 0.4) is 0 Å². The predicted octanol–water partition coefficient (Wildman–Crippen LogP) is 6.41. The molecule has 0 amide bonds. The lowest BCUT2D eigenvalue weighted by atomic mass is 10.0. The van der Waals surface area contributed by atoms with Crippen LogP contribution in [0.15, 0.2) is 60.7 Å². The Morgan fingerprint density at radius 2 is 1.05 bits per heavy atom. The zero-order valence-electron chi connectivity index (χ0n) is 36.3. The van der Waals surface area contributed by atoms with Gasteiger partial charge in [-0.15, -0.1) is 0 Å². The maximum absolute atomic E-state index is 14.0. The Kier molecular flexibility index (Phi) is 12.5. The van der Waals surface area contributed by atoms with Crippen LogP contribution in [0.2, 0.25) is 0 Å². The first-order chi connectivity index (χ1) is 30.9. The molecule has 4 fully saturated rings. The van der Waals surface area contributed by atoms with Gasteiger partial charge in [-0.3, -0.25) is 9.13 Å². The van der Waals surface area contributed by atoms with E-state index in [0.29, 0.717) is 131 Å². The number of anilines is 4. The molecule has 4 aliphatic rings. The van der Waals surface area contributed by atoms with E-state index in [1.54, 1.807) is 48.5 Å². The van der Waals surface area contributed by atoms with Crippen LogP contribution in [0.1, 0.15) is 52.2 Å². The Balaban J connectivity index is 0.000000162. The van der Waals surface area contributed by atoms with Crippen LogP contribution in [0.5, 0.6) is 0 Å². The zero-order chi connectivity index (χ0) is 44.5. The van der Waals surface area contributed by atoms with E-state index in [2.05, 4.69) is 36.5 Å². The highest BCUT2D eigenvalue weighted by atomic mass is 19.3. The van der Waals surface area contributed by atoms with Crippen molar-refractivity contribution in [1.29, 1.82) is 0 Å². The van der Waals surface area contributed by atoms with Gasteiger partial charge in [0, 0.05) is 57.9 Å². The minimum absolute atomic E-state index is 0.0599. The molecule has 0 spiro atoms. The quantitative estimate of drug-likeness (QED) is 0.156. The second kappa shape index (κ2) is 18.4. The smallest absolute Gasteiger partial charge is 0.296 e. The van der Waals surface area contributed by atoms with Crippen molar-refractivity contribution in [2.24, 2.45) is 0 Å². The van der Waals surface area contributed by atoms with Crippen molar-refractivity contribution in [3.8, 4) is 11.9 Å². The van der Waals surface area contributed by atoms with Crippen LogP contribution < -0.4 is 19.6 Å². The summed E-state index contributed by atoms with van der Waals surface area (Å²) in [6.45, 7) is 16.3. The third kappa shape index (κ3) is 9.13. The van der Waals surface area contributed by atoms with Gasteiger partial charge in [0.15, 0.2) is 11.6 Å². The molecule has 2 atom stereocenters. The highest BCUT2D eigenvalue weighted by Crippen LogP contribution is 2.33. The molecule has 10 rings (SSSR count). The van der Waals surface area contributed by atoms with Gasteiger partial charge in [0.2, 0.25) is 11.9 Å². The summed E-state index contributed by atoms with van der Waals surface area (Å²) in [6, 6.07) is 18.1. The molecule has 4 aliphatic heterocycles. The van der Waals surface area contributed by atoms with Gasteiger partial charge in [-0.25, -0.2) is 27.5 Å². The monoisotopic (exact) mass is 888 g/mol. The lowest BCUT2D eigenvalue weighted by Crippen LogP contribution is -2.53. The van der Waals surface area contributed by atoms with Gasteiger partial charge in [0.25, 0.3) is 12.9 Å². The summed E-state index contributed by atoms with van der Waals surface area (Å²) in [5.74, 6) is 2.42. The standard InChI is InChI=1S/C23H28F2N6O2.C21H24F2N6O2/c1-15-13-33-23(2,3)14-30(15)19-12-18(29-8-10-32-11-9-29)27-22(28-19)31-17-7-5-4-6-16(17)26-21(31)20(24)25;1-14-13-28(8-11-31-14)18-12-17(27-6-9-30-10-7-27)25-21(26-18)29-16-5-3-2-4-15(16)24-20(29)19(22)23/h4-7,12,15,20H,8-11,13-14H2,1-3H3;2-5,12,14,19H,6-11,13H2,1H3/t15-;/m1./s1. The van der Waals surface area contributed by atoms with E-state index in [1.165, 1.54) is 9.13 Å². The van der Waals surface area contributed by atoms with Gasteiger partial charge in [-0.2, -0.15) is 19.9 Å². The summed E-state index contributed by atoms with van der Waals surface area (Å²) in [4.78, 5) is 35.8. The summed E-state index contributed by atoms with van der Waals surface area (Å²) in [5, 5.41) is 0. The van der Waals surface area contributed by atoms with E-state index in [9.17, 15) is 17.6 Å². The maximum atomic E-state index is 14.0. The maximum Gasteiger partial charge on any atom is 0.296 e. The number of benzene rings is 2. The number of rotatable bonds is 8. The lowest BCUT2D eigenvalue weighted by molar-refractivity contribution is -0.0423. The number of ether oxygens (including phenoxy) is 4. The van der Waals surface area contributed by atoms with E-state index in [1.807, 2.05) is 32.9 Å². The molecule has 64 heavy (non-hydrogen) atoms. The molecule has 4 saturated heterocycles. The van der Waals surface area contributed by atoms with Crippen LogP contribution in [0, 0.1) is 0 Å². The van der Waals surface area contributed by atoms with E-state index in [0.717, 1.165) is 0 Å². The molecule has 340 valence electrons. The number of hydrogen-bond acceptors (Lipinski definition) is 14. The third-order valence-corrected chi connectivity index (χ3v) is 11.7. The Labute approximate surface area is 367 Å². The Hall–Kier alpha value is -5.70. The molecule has 6 aromatic rings. The number of halogens is 4. The average molecular weight is 889 g/mol. The summed E-state index contributed by atoms with van der Waals surface area (Å²) in [7, 11) is 0. The van der Waals surface area contributed by atoms with Crippen LogP contribution >= 0.6 is 0 Å². The molecular weight excluding hydrogens is 837 g/mol. The van der Waals surface area contributed by atoms with Crippen molar-refractivity contribution in [2.75, 3.05) is 105 Å². The molecule has 0 bridgehead atoms. The SMILES string of the molecule is CC1CN(c2cc(N3CCOCC3)nc(-n3c(C(F)F)nc4ccccc43)n2)CCO1.C[C@@H]1COC(C)(C)CN1c1cc(N2CCOCC2)nc(-n2c(C(F)F)nc3ccccc32)n1. The fourth-order valence-electron chi connectivity index (χ4n) is 8.42. The molecular formula is C44H52F4N12O4. The predicted molar refractivity (Wildman–Crippen MR) is 234 cm³/mol. The molecule has 4 aromatic heterocycles. The summed E-state index contributed by atoms with van der Waals surface area (Å²) < 4.78 is 81.2. The van der Waals surface area contributed by atoms with Gasteiger partial charge in [0.05, 0.1) is 79.5 Å². The molecule has 8 heterocycles. The van der Waals surface area contributed by atoms with E-state index in [-0.39, 0.29) is 41.3 Å². The highest BCUT2D eigenvalue weighted by Gasteiger charge is 2.34. The fraction of sp³-hybridized carbons (Fsp3) is 0.500. The normalized spacial score (nSPS) is 20.7. The second-order valence-corrected chi connectivity index (χ2v) is 16.8. The molecule has 0 N–H and O–H groups in total. The highest BCUT2D eigenvalue weighted by molar-refractivity contribution is 5.79. The molecule has 0 radical (unpaired) electrons. The van der Waals surface area contributed by atoms with Gasteiger partial charge in [-0.1, -0.05) is 24.3 Å². The number of nitrogens with zero attached hydrogens (tertiary/aromatic N) is 12. The first-order valence-electron chi connectivity index (χ1n) is 21.6. The fourth-order valence-corrected chi connectivity index (χ4v) is 8.42. The first-order valence-corrected chi connectivity index (χ1v) is 21.6. The van der Waals surface area contributed by atoms with Crippen molar-refractivity contribution in [3.05, 3.63) is 72.3 Å². The molecule has 0 saturated carbocycles. The molecule has 2 aromatic carbocycles. The number of hydrogen-bond donors (Lipinski definition) is 0. The first kappa shape index (κ1) is 43.5. The Bertz CT molecular complexity index is 2560. The van der Waals surface area contributed by atoms with Crippen LogP contribution in [0.25, 0.3) is 34.0 Å². The van der Waals surface area contributed by atoms with Crippen molar-refractivity contribution in [2.45, 2.75) is 58.3 Å². The van der Waals surface area contributed by atoms with Crippen LogP contribution in [-0.4, -0.2) is 142 Å². The van der Waals surface area contributed by atoms with E-state index >= 15 is 0 Å². The number of alkyl halides is 4. The zero-order valence-corrected chi connectivity index (χ0v) is 36.3. The second-order valence-electron chi connectivity index (χ2n) is 16.8. The minimum atomic E-state index is -2.77. The van der Waals surface area contributed by atoms with Crippen molar-refractivity contribution in [3.63, 3.8) is 0 Å². The molecule has 1 unspecified atom stereocenters. The summed E-state index contributed by atoms with van der Waals surface area (Å²) >= 11 is 0. The number of aromatic nitrogens is 8. The number of imidazole rings is 2. The van der Waals surface area contributed by atoms with Gasteiger partial charge < -0.3 is 38.5 Å². The molecule has 20 heteroatoms. The number of fused-ring (bicyclic) bond motifs is 2. The third-order valence-electron chi connectivity index (χ3n) is 11.7. The largest absolute Gasteiger partial charge is 0.378 e. The number of para-hydroxylation sites is 4. The number of morpholine rings is 4. The van der Waals surface area contributed by atoms with Crippen molar-refractivity contribution < 1.29 is 36.5 Å². The van der Waals surface area contributed by atoms with Gasteiger partial charge in [-0.05, 0) is 52.0 Å². The topological polar surface area (TPSA) is 137 Å². The minimum Gasteiger partial charge on any atom is -0.378 e. The van der Waals surface area contributed by atoms with Crippen LogP contribution in [-0.2, 0) is 18.9 Å². The van der Waals surface area contributed by atoms with Crippen molar-refractivity contribution >= 4 is 45.3 Å². The van der Waals surface area contributed by atoms with Crippen LogP contribution in [0.4, 0.5) is 40.8 Å².